The topological polar surface area (TPSA) is 96.4 Å². The van der Waals surface area contributed by atoms with Crippen LogP contribution in [-0.4, -0.2) is 16.9 Å². The van der Waals surface area contributed by atoms with E-state index < -0.39 is 12.1 Å². The Balaban J connectivity index is 2.16. The molecule has 5 nitrogen and oxygen atoms in total. The number of hydrogen-bond donors (Lipinski definition) is 3. The van der Waals surface area contributed by atoms with Gasteiger partial charge in [-0.25, -0.2) is 0 Å². The van der Waals surface area contributed by atoms with Gasteiger partial charge >= 0.3 is 5.97 Å². The van der Waals surface area contributed by atoms with Gasteiger partial charge < -0.3 is 15.6 Å². The van der Waals surface area contributed by atoms with Crippen molar-refractivity contribution in [2.75, 3.05) is 0 Å². The largest absolute Gasteiger partial charge is 0.481 e. The second-order valence-corrected chi connectivity index (χ2v) is 4.92. The highest BCUT2D eigenvalue weighted by atomic mass is 16.5. The van der Waals surface area contributed by atoms with E-state index in [0.717, 1.165) is 5.56 Å². The molecule has 0 fully saturated rings. The molecule has 0 saturated heterocycles. The van der Waals surface area contributed by atoms with E-state index in [2.05, 4.69) is 0 Å². The van der Waals surface area contributed by atoms with Crippen molar-refractivity contribution < 1.29 is 14.6 Å². The van der Waals surface area contributed by atoms with Crippen molar-refractivity contribution >= 4 is 11.8 Å². The van der Waals surface area contributed by atoms with Gasteiger partial charge in [0.1, 0.15) is 5.84 Å². The number of nitrogens with one attached hydrogen (secondary N) is 1. The lowest BCUT2D eigenvalue weighted by molar-refractivity contribution is -0.140. The van der Waals surface area contributed by atoms with Crippen LogP contribution in [-0.2, 0) is 16.1 Å². The van der Waals surface area contributed by atoms with Crippen molar-refractivity contribution in [3.63, 3.8) is 0 Å². The monoisotopic (exact) mass is 298 g/mol. The lowest BCUT2D eigenvalue weighted by atomic mass is 10.0. The molecule has 0 amide bonds. The second-order valence-electron chi connectivity index (χ2n) is 4.92. The molecule has 2 aromatic rings. The quantitative estimate of drug-likeness (QED) is 0.541. The van der Waals surface area contributed by atoms with E-state index in [0.29, 0.717) is 17.7 Å². The number of aliphatic carboxylic acids is 1. The maximum atomic E-state index is 11.1. The third-order valence-corrected chi connectivity index (χ3v) is 3.22. The molecule has 2 aromatic carbocycles. The number of nitrogen functional groups attached to an aromatic ring is 1. The van der Waals surface area contributed by atoms with E-state index in [9.17, 15) is 4.79 Å². The summed E-state index contributed by atoms with van der Waals surface area (Å²) in [5.74, 6) is -0.995. The molecule has 0 heterocycles. The van der Waals surface area contributed by atoms with Crippen LogP contribution in [0.5, 0.6) is 0 Å². The zero-order chi connectivity index (χ0) is 15.9. The van der Waals surface area contributed by atoms with Gasteiger partial charge in [0.25, 0.3) is 0 Å². The Labute approximate surface area is 128 Å². The van der Waals surface area contributed by atoms with Crippen molar-refractivity contribution in [2.24, 2.45) is 5.73 Å². The molecule has 22 heavy (non-hydrogen) atoms. The highest BCUT2D eigenvalue weighted by Crippen LogP contribution is 2.24. The minimum Gasteiger partial charge on any atom is -0.481 e. The van der Waals surface area contributed by atoms with Gasteiger partial charge in [0.15, 0.2) is 0 Å². The molecular weight excluding hydrogens is 280 g/mol. The van der Waals surface area contributed by atoms with Crippen molar-refractivity contribution in [3.8, 4) is 0 Å². The first kappa shape index (κ1) is 15.7. The predicted octanol–water partition coefficient (Wildman–Crippen LogP) is 2.70. The van der Waals surface area contributed by atoms with Gasteiger partial charge in [-0.3, -0.25) is 10.2 Å². The van der Waals surface area contributed by atoms with Crippen LogP contribution in [0.15, 0.2) is 54.6 Å². The molecule has 1 atom stereocenters. The predicted molar refractivity (Wildman–Crippen MR) is 83.7 cm³/mol. The molecule has 0 aromatic heterocycles. The molecule has 0 aliphatic heterocycles. The minimum atomic E-state index is -0.939. The van der Waals surface area contributed by atoms with E-state index >= 15 is 0 Å². The molecule has 1 unspecified atom stereocenters. The number of benzene rings is 2. The molecule has 2 rings (SSSR count). The fourth-order valence-electron chi connectivity index (χ4n) is 2.11. The normalized spacial score (nSPS) is 11.8. The van der Waals surface area contributed by atoms with Crippen LogP contribution in [0, 0.1) is 5.41 Å². The number of ether oxygens (including phenoxy) is 1. The molecule has 0 aliphatic carbocycles. The maximum Gasteiger partial charge on any atom is 0.306 e. The van der Waals surface area contributed by atoms with Crippen LogP contribution in [0.2, 0.25) is 0 Å². The molecular formula is C17H18N2O3. The molecule has 114 valence electrons. The Hall–Kier alpha value is -2.66. The third kappa shape index (κ3) is 4.43. The van der Waals surface area contributed by atoms with Gasteiger partial charge in [-0.1, -0.05) is 48.5 Å². The maximum absolute atomic E-state index is 11.1. The molecule has 0 spiro atoms. The molecule has 0 saturated carbocycles. The second kappa shape index (κ2) is 7.38. The Kier molecular flexibility index (Phi) is 5.27. The van der Waals surface area contributed by atoms with Crippen molar-refractivity contribution in [1.29, 1.82) is 5.41 Å². The third-order valence-electron chi connectivity index (χ3n) is 3.22. The molecule has 0 radical (unpaired) electrons. The number of rotatable bonds is 7. The number of nitrogens with two attached hydrogens (primary N) is 1. The van der Waals surface area contributed by atoms with Crippen LogP contribution >= 0.6 is 0 Å². The zero-order valence-corrected chi connectivity index (χ0v) is 12.0. The van der Waals surface area contributed by atoms with Crippen molar-refractivity contribution in [2.45, 2.75) is 19.1 Å². The molecule has 0 aliphatic rings. The molecule has 4 N–H and O–H groups in total. The number of carbonyl (C=O) groups is 1. The van der Waals surface area contributed by atoms with E-state index in [1.807, 2.05) is 30.3 Å². The first-order valence-electron chi connectivity index (χ1n) is 6.88. The summed E-state index contributed by atoms with van der Waals surface area (Å²) in [6.07, 6.45) is -0.731. The number of carboxylic acids is 1. The van der Waals surface area contributed by atoms with Crippen molar-refractivity contribution in [1.82, 2.24) is 0 Å². The first-order chi connectivity index (χ1) is 10.6. The molecule has 0 bridgehead atoms. The Bertz CT molecular complexity index is 656. The average Bonchev–Trinajstić information content (AvgIpc) is 2.52. The Morgan fingerprint density at radius 3 is 2.55 bits per heavy atom. The van der Waals surface area contributed by atoms with Crippen LogP contribution in [0.4, 0.5) is 0 Å². The van der Waals surface area contributed by atoms with Gasteiger partial charge in [0.2, 0.25) is 0 Å². The van der Waals surface area contributed by atoms with Gasteiger partial charge in [0.05, 0.1) is 19.1 Å². The first-order valence-corrected chi connectivity index (χ1v) is 6.88. The summed E-state index contributed by atoms with van der Waals surface area (Å²) < 4.78 is 5.77. The summed E-state index contributed by atoms with van der Waals surface area (Å²) in [7, 11) is 0. The lowest BCUT2D eigenvalue weighted by Crippen LogP contribution is -2.14. The smallest absolute Gasteiger partial charge is 0.306 e. The van der Waals surface area contributed by atoms with E-state index in [1.54, 1.807) is 24.3 Å². The average molecular weight is 298 g/mol. The summed E-state index contributed by atoms with van der Waals surface area (Å²) >= 11 is 0. The number of amidine groups is 1. The summed E-state index contributed by atoms with van der Waals surface area (Å²) in [5, 5.41) is 16.5. The minimum absolute atomic E-state index is 0.0565. The number of carboxylic acid groups (broad SMARTS) is 1. The summed E-state index contributed by atoms with van der Waals surface area (Å²) in [5.41, 5.74) is 7.70. The van der Waals surface area contributed by atoms with Crippen LogP contribution in [0.25, 0.3) is 0 Å². The molecule has 5 heteroatoms. The summed E-state index contributed by atoms with van der Waals surface area (Å²) in [6.45, 7) is 0.323. The fraction of sp³-hybridized carbons (Fsp3) is 0.176. The SMILES string of the molecule is N=C(N)c1cccc(C(CC(=O)O)OCc2ccccc2)c1. The van der Waals surface area contributed by atoms with Crippen LogP contribution in [0.1, 0.15) is 29.2 Å². The lowest BCUT2D eigenvalue weighted by Gasteiger charge is -2.17. The summed E-state index contributed by atoms with van der Waals surface area (Å²) in [6, 6.07) is 16.5. The van der Waals surface area contributed by atoms with E-state index in [1.165, 1.54) is 0 Å². The highest BCUT2D eigenvalue weighted by molar-refractivity contribution is 5.95. The van der Waals surface area contributed by atoms with Gasteiger partial charge in [-0.2, -0.15) is 0 Å². The van der Waals surface area contributed by atoms with Gasteiger partial charge in [0, 0.05) is 5.56 Å². The zero-order valence-electron chi connectivity index (χ0n) is 12.0. The standard InChI is InChI=1S/C17H18N2O3/c18-17(19)14-8-4-7-13(9-14)15(10-16(20)21)22-11-12-5-2-1-3-6-12/h1-9,15H,10-11H2,(H3,18,19)(H,20,21). The van der Waals surface area contributed by atoms with Gasteiger partial charge in [-0.15, -0.1) is 0 Å². The fourth-order valence-corrected chi connectivity index (χ4v) is 2.11. The Morgan fingerprint density at radius 2 is 1.91 bits per heavy atom. The van der Waals surface area contributed by atoms with E-state index in [4.69, 9.17) is 21.0 Å². The Morgan fingerprint density at radius 1 is 1.18 bits per heavy atom. The van der Waals surface area contributed by atoms with Crippen molar-refractivity contribution in [3.05, 3.63) is 71.3 Å². The highest BCUT2D eigenvalue weighted by Gasteiger charge is 2.17. The number of hydrogen-bond acceptors (Lipinski definition) is 3. The summed E-state index contributed by atoms with van der Waals surface area (Å²) in [4.78, 5) is 11.1. The van der Waals surface area contributed by atoms with Crippen LogP contribution < -0.4 is 5.73 Å². The van der Waals surface area contributed by atoms with E-state index in [-0.39, 0.29) is 12.3 Å². The van der Waals surface area contributed by atoms with Gasteiger partial charge in [-0.05, 0) is 17.2 Å². The van der Waals surface area contributed by atoms with Crippen LogP contribution in [0.3, 0.4) is 0 Å².